The maximum Gasteiger partial charge on any atom is 0.514 e. The van der Waals surface area contributed by atoms with E-state index in [1.165, 1.54) is 30.5 Å². The fourth-order valence-corrected chi connectivity index (χ4v) is 7.34. The van der Waals surface area contributed by atoms with Crippen molar-refractivity contribution in [1.29, 1.82) is 0 Å². The molecule has 0 aliphatic heterocycles. The van der Waals surface area contributed by atoms with E-state index in [0.29, 0.717) is 0 Å². The van der Waals surface area contributed by atoms with E-state index in [1.54, 1.807) is 13.8 Å². The Morgan fingerprint density at radius 1 is 1.26 bits per heavy atom. The minimum Gasteiger partial charge on any atom is -0.458 e. The Labute approximate surface area is 224 Å². The summed E-state index contributed by atoms with van der Waals surface area (Å²) in [4.78, 5) is 49.2. The molecule has 0 aromatic heterocycles. The summed E-state index contributed by atoms with van der Waals surface area (Å²) in [6, 6.07) is 0. The Hall–Kier alpha value is -2.76. The van der Waals surface area contributed by atoms with Crippen molar-refractivity contribution in [3.63, 3.8) is 0 Å². The number of halogens is 1. The standard InChI is InChI=1S/C27H31FO9S/c1-14-9-17-18-11-20(37-23(33)35-7-8-38)19-10-16(30)5-6-24(19,3)26(18,28)21(31)12-25(17,4)27(14,34)22(32)13-36-15(2)29/h5-6,8,10-11,14,17-18,21,31,34H,7,9,12-13H2,1-4H3/t14-,17-,18-,21-,24-,25-,26-,27-/m0/s1. The largest absolute Gasteiger partial charge is 0.514 e. The van der Waals surface area contributed by atoms with E-state index < -0.39 is 76.3 Å². The van der Waals surface area contributed by atoms with Crippen LogP contribution in [0.25, 0.3) is 0 Å². The highest BCUT2D eigenvalue weighted by Gasteiger charge is 2.75. The summed E-state index contributed by atoms with van der Waals surface area (Å²) in [5.41, 5.74) is -7.26. The molecule has 4 aliphatic carbocycles. The van der Waals surface area contributed by atoms with E-state index in [1.807, 2.05) is 0 Å². The SMILES string of the molecule is CC(=O)OCC(=O)[C@@]1(O)[C@@H](C)C[C@H]2[C@@H]3C=C(OC(=O)OCC=S)C4=CC(=O)C=C[C@]4(C)[C@@]3(F)[C@@H](O)C[C@@]21C. The second-order valence-corrected chi connectivity index (χ2v) is 11.3. The molecule has 0 saturated heterocycles. The first-order chi connectivity index (χ1) is 17.7. The molecular formula is C27H31FO9S. The number of ketones is 2. The van der Waals surface area contributed by atoms with Crippen molar-refractivity contribution in [2.24, 2.45) is 28.6 Å². The predicted molar refractivity (Wildman–Crippen MR) is 134 cm³/mol. The number of Topliss-reactive ketones (excluding diaryl/α,β-unsaturated/α-hetero) is 1. The fourth-order valence-electron chi connectivity index (χ4n) is 7.28. The van der Waals surface area contributed by atoms with Gasteiger partial charge >= 0.3 is 12.1 Å². The molecule has 11 heteroatoms. The third kappa shape index (κ3) is 3.81. The number of alkyl halides is 1. The lowest BCUT2D eigenvalue weighted by Gasteiger charge is -2.61. The van der Waals surface area contributed by atoms with Crippen LogP contribution in [-0.4, -0.2) is 69.9 Å². The first-order valence-electron chi connectivity index (χ1n) is 12.4. The van der Waals surface area contributed by atoms with Crippen LogP contribution in [0, 0.1) is 28.6 Å². The van der Waals surface area contributed by atoms with Gasteiger partial charge in [0.25, 0.3) is 0 Å². The molecule has 0 aromatic carbocycles. The Morgan fingerprint density at radius 2 is 1.95 bits per heavy atom. The van der Waals surface area contributed by atoms with E-state index in [-0.39, 0.29) is 30.8 Å². The van der Waals surface area contributed by atoms with Crippen molar-refractivity contribution in [1.82, 2.24) is 0 Å². The number of carbonyl (C=O) groups is 4. The number of thiocarbonyl (C=S) groups is 1. The molecule has 38 heavy (non-hydrogen) atoms. The van der Waals surface area contributed by atoms with Gasteiger partial charge in [-0.1, -0.05) is 32.1 Å². The van der Waals surface area contributed by atoms with Crippen molar-refractivity contribution in [3.8, 4) is 0 Å². The highest BCUT2D eigenvalue weighted by molar-refractivity contribution is 7.79. The average molecular weight is 551 g/mol. The predicted octanol–water partition coefficient (Wildman–Crippen LogP) is 2.72. The van der Waals surface area contributed by atoms with Crippen LogP contribution >= 0.6 is 12.2 Å². The molecule has 4 rings (SSSR count). The number of rotatable bonds is 6. The van der Waals surface area contributed by atoms with Crippen molar-refractivity contribution in [3.05, 3.63) is 35.6 Å². The summed E-state index contributed by atoms with van der Waals surface area (Å²) in [6.07, 6.45) is 2.19. The van der Waals surface area contributed by atoms with Crippen LogP contribution in [0.1, 0.15) is 40.5 Å². The van der Waals surface area contributed by atoms with Gasteiger partial charge in [0.05, 0.1) is 11.5 Å². The number of hydrogen-bond donors (Lipinski definition) is 2. The number of aliphatic hydroxyl groups is 2. The van der Waals surface area contributed by atoms with Crippen molar-refractivity contribution in [2.75, 3.05) is 13.2 Å². The van der Waals surface area contributed by atoms with E-state index in [2.05, 4.69) is 12.2 Å². The summed E-state index contributed by atoms with van der Waals surface area (Å²) >= 11 is 4.66. The maximum atomic E-state index is 17.5. The number of carbonyl (C=O) groups excluding carboxylic acids is 4. The number of esters is 1. The van der Waals surface area contributed by atoms with Crippen molar-refractivity contribution >= 4 is 41.3 Å². The summed E-state index contributed by atoms with van der Waals surface area (Å²) in [6.45, 7) is 5.05. The van der Waals surface area contributed by atoms with Gasteiger partial charge in [0.15, 0.2) is 18.1 Å². The Bertz CT molecular complexity index is 1190. The zero-order valence-corrected chi connectivity index (χ0v) is 22.4. The van der Waals surface area contributed by atoms with Gasteiger partial charge < -0.3 is 24.4 Å². The molecule has 0 spiro atoms. The summed E-state index contributed by atoms with van der Waals surface area (Å²) in [5, 5.41) is 24.5. The van der Waals surface area contributed by atoms with Crippen molar-refractivity contribution in [2.45, 2.75) is 57.9 Å². The topological polar surface area (TPSA) is 136 Å². The number of ether oxygens (including phenoxy) is 3. The molecular weight excluding hydrogens is 519 g/mol. The van der Waals surface area contributed by atoms with Crippen LogP contribution in [0.15, 0.2) is 35.6 Å². The third-order valence-corrected chi connectivity index (χ3v) is 9.28. The highest BCUT2D eigenvalue weighted by Crippen LogP contribution is 2.70. The van der Waals surface area contributed by atoms with Crippen LogP contribution in [0.4, 0.5) is 9.18 Å². The van der Waals surface area contributed by atoms with Gasteiger partial charge in [0.2, 0.25) is 5.78 Å². The Morgan fingerprint density at radius 3 is 2.58 bits per heavy atom. The zero-order valence-electron chi connectivity index (χ0n) is 21.6. The van der Waals surface area contributed by atoms with Crippen LogP contribution in [-0.2, 0) is 28.6 Å². The van der Waals surface area contributed by atoms with E-state index in [0.717, 1.165) is 13.0 Å². The summed E-state index contributed by atoms with van der Waals surface area (Å²) < 4.78 is 32.7. The molecule has 0 unspecified atom stereocenters. The van der Waals surface area contributed by atoms with Crippen molar-refractivity contribution < 1.29 is 48.0 Å². The molecule has 2 fully saturated rings. The zero-order chi connectivity index (χ0) is 28.3. The van der Waals surface area contributed by atoms with Gasteiger partial charge in [-0.3, -0.25) is 14.4 Å². The number of allylic oxidation sites excluding steroid dienone is 5. The number of hydrogen-bond acceptors (Lipinski definition) is 10. The van der Waals surface area contributed by atoms with E-state index in [4.69, 9.17) is 14.2 Å². The van der Waals surface area contributed by atoms with Gasteiger partial charge in [-0.2, -0.15) is 0 Å². The van der Waals surface area contributed by atoms with Gasteiger partial charge in [0, 0.05) is 29.2 Å². The van der Waals surface area contributed by atoms with Crippen LogP contribution < -0.4 is 0 Å². The third-order valence-electron chi connectivity index (χ3n) is 9.14. The fraction of sp³-hybridized carbons (Fsp3) is 0.593. The molecule has 0 heterocycles. The second-order valence-electron chi connectivity index (χ2n) is 11.0. The minimum atomic E-state index is -2.38. The van der Waals surface area contributed by atoms with E-state index >= 15 is 4.39 Å². The molecule has 9 nitrogen and oxygen atoms in total. The van der Waals surface area contributed by atoms with Gasteiger partial charge in [-0.15, -0.1) is 0 Å². The molecule has 0 amide bonds. The lowest BCUT2D eigenvalue weighted by molar-refractivity contribution is -0.207. The number of aliphatic hydroxyl groups excluding tert-OH is 1. The molecule has 0 bridgehead atoms. The first kappa shape index (κ1) is 28.3. The first-order valence-corrected chi connectivity index (χ1v) is 12.9. The van der Waals surface area contributed by atoms with Crippen LogP contribution in [0.2, 0.25) is 0 Å². The normalized spacial score (nSPS) is 41.1. The molecule has 2 N–H and O–H groups in total. The highest BCUT2D eigenvalue weighted by atomic mass is 32.1. The summed E-state index contributed by atoms with van der Waals surface area (Å²) in [5.74, 6) is -4.49. The van der Waals surface area contributed by atoms with Gasteiger partial charge in [-0.05, 0) is 49.8 Å². The van der Waals surface area contributed by atoms with Gasteiger partial charge in [-0.25, -0.2) is 9.18 Å². The Balaban J connectivity index is 1.85. The lowest BCUT2D eigenvalue weighted by Crippen LogP contribution is -2.69. The minimum absolute atomic E-state index is 0.0675. The molecule has 0 aromatic rings. The quantitative estimate of drug-likeness (QED) is 0.375. The summed E-state index contributed by atoms with van der Waals surface area (Å²) in [7, 11) is 0. The smallest absolute Gasteiger partial charge is 0.458 e. The monoisotopic (exact) mass is 550 g/mol. The number of fused-ring (bicyclic) bond motifs is 5. The lowest BCUT2D eigenvalue weighted by atomic mass is 9.46. The molecule has 0 radical (unpaired) electrons. The average Bonchev–Trinajstić information content (AvgIpc) is 3.05. The van der Waals surface area contributed by atoms with Crippen LogP contribution in [0.3, 0.4) is 0 Å². The van der Waals surface area contributed by atoms with Gasteiger partial charge in [0.1, 0.15) is 18.0 Å². The molecule has 2 saturated carbocycles. The van der Waals surface area contributed by atoms with E-state index in [9.17, 15) is 29.4 Å². The molecule has 206 valence electrons. The maximum absolute atomic E-state index is 17.5. The van der Waals surface area contributed by atoms with Crippen LogP contribution in [0.5, 0.6) is 0 Å². The molecule has 4 aliphatic rings. The molecule has 8 atom stereocenters. The Kier molecular flexibility index (Phi) is 7.03. The second kappa shape index (κ2) is 9.46.